The molecule has 3 aliphatic rings. The summed E-state index contributed by atoms with van der Waals surface area (Å²) in [6, 6.07) is 15.2. The molecule has 0 aromatic heterocycles. The van der Waals surface area contributed by atoms with Crippen molar-refractivity contribution in [2.45, 2.75) is 57.5 Å². The Bertz CT molecular complexity index is 1120. The molecule has 1 saturated carbocycles. The number of rotatable bonds is 6. The second kappa shape index (κ2) is 9.02. The van der Waals surface area contributed by atoms with Gasteiger partial charge in [-0.1, -0.05) is 68.8 Å². The molecule has 0 spiro atoms. The Morgan fingerprint density at radius 2 is 1.69 bits per heavy atom. The highest BCUT2D eigenvalue weighted by Gasteiger charge is 2.57. The fourth-order valence-electron chi connectivity index (χ4n) is 6.35. The van der Waals surface area contributed by atoms with Gasteiger partial charge in [0.2, 0.25) is 5.91 Å². The lowest BCUT2D eigenvalue weighted by Crippen LogP contribution is -2.54. The van der Waals surface area contributed by atoms with Crippen LogP contribution in [0.3, 0.4) is 0 Å². The molecule has 7 nitrogen and oxygen atoms in total. The molecule has 2 unspecified atom stereocenters. The van der Waals surface area contributed by atoms with Crippen molar-refractivity contribution in [3.63, 3.8) is 0 Å². The summed E-state index contributed by atoms with van der Waals surface area (Å²) in [5.41, 5.74) is 3.71. The first-order valence-electron chi connectivity index (χ1n) is 12.5. The van der Waals surface area contributed by atoms with Gasteiger partial charge in [-0.3, -0.25) is 9.59 Å². The number of amides is 2. The molecule has 2 N–H and O–H groups in total. The second-order valence-electron chi connectivity index (χ2n) is 10.3. The third kappa shape index (κ3) is 3.87. The van der Waals surface area contributed by atoms with Gasteiger partial charge in [0.05, 0.1) is 5.41 Å². The fourth-order valence-corrected chi connectivity index (χ4v) is 6.35. The number of carboxylic acids is 1. The first kappa shape index (κ1) is 23.4. The lowest BCUT2D eigenvalue weighted by atomic mass is 9.82. The minimum absolute atomic E-state index is 0.0606. The van der Waals surface area contributed by atoms with Crippen LogP contribution in [0.25, 0.3) is 11.1 Å². The number of alkyl carbamates (subject to hydrolysis) is 1. The Balaban J connectivity index is 1.27. The maximum Gasteiger partial charge on any atom is 0.407 e. The molecule has 0 radical (unpaired) electrons. The third-order valence-electron chi connectivity index (χ3n) is 8.17. The van der Waals surface area contributed by atoms with E-state index in [1.54, 1.807) is 4.90 Å². The van der Waals surface area contributed by atoms with Crippen LogP contribution in [0.5, 0.6) is 0 Å². The summed E-state index contributed by atoms with van der Waals surface area (Å²) >= 11 is 0. The van der Waals surface area contributed by atoms with Crippen LogP contribution in [-0.4, -0.2) is 53.2 Å². The van der Waals surface area contributed by atoms with E-state index < -0.39 is 23.5 Å². The van der Waals surface area contributed by atoms with Crippen molar-refractivity contribution in [2.75, 3.05) is 13.2 Å². The van der Waals surface area contributed by atoms with Gasteiger partial charge < -0.3 is 20.1 Å². The molecule has 1 saturated heterocycles. The third-order valence-corrected chi connectivity index (χ3v) is 8.17. The van der Waals surface area contributed by atoms with E-state index in [0.717, 1.165) is 28.7 Å². The van der Waals surface area contributed by atoms with Gasteiger partial charge in [-0.25, -0.2) is 4.79 Å². The monoisotopic (exact) mass is 476 g/mol. The Hall–Kier alpha value is -3.35. The fraction of sp³-hybridized carbons (Fsp3) is 0.464. The number of nitrogens with one attached hydrogen (secondary N) is 1. The van der Waals surface area contributed by atoms with Crippen molar-refractivity contribution in [1.29, 1.82) is 0 Å². The quantitative estimate of drug-likeness (QED) is 0.644. The number of likely N-dealkylation sites (tertiary alicyclic amines) is 1. The minimum atomic E-state index is -0.846. The molecule has 0 bridgehead atoms. The van der Waals surface area contributed by atoms with E-state index in [-0.39, 0.29) is 30.4 Å². The lowest BCUT2D eigenvalue weighted by molar-refractivity contribution is -0.150. The normalized spacial score (nSPS) is 23.5. The lowest BCUT2D eigenvalue weighted by Gasteiger charge is -2.32. The maximum atomic E-state index is 13.5. The summed E-state index contributed by atoms with van der Waals surface area (Å²) in [6.07, 6.45) is 1.92. The van der Waals surface area contributed by atoms with Crippen molar-refractivity contribution in [3.8, 4) is 11.1 Å². The Labute approximate surface area is 205 Å². The van der Waals surface area contributed by atoms with Crippen LogP contribution in [0.1, 0.15) is 56.6 Å². The van der Waals surface area contributed by atoms with E-state index in [1.807, 2.05) is 38.1 Å². The Kier molecular flexibility index (Phi) is 6.03. The predicted molar refractivity (Wildman–Crippen MR) is 131 cm³/mol. The zero-order valence-electron chi connectivity index (χ0n) is 20.2. The Morgan fingerprint density at radius 3 is 2.29 bits per heavy atom. The van der Waals surface area contributed by atoms with Crippen LogP contribution in [-0.2, 0) is 14.3 Å². The van der Waals surface area contributed by atoms with Gasteiger partial charge in [0.25, 0.3) is 0 Å². The molecule has 35 heavy (non-hydrogen) atoms. The molecule has 5 rings (SSSR count). The summed E-state index contributed by atoms with van der Waals surface area (Å²) in [6.45, 7) is 4.33. The summed E-state index contributed by atoms with van der Waals surface area (Å²) in [5, 5.41) is 12.6. The first-order chi connectivity index (χ1) is 16.8. The highest BCUT2D eigenvalue weighted by Crippen LogP contribution is 2.49. The Morgan fingerprint density at radius 1 is 1.06 bits per heavy atom. The highest BCUT2D eigenvalue weighted by atomic mass is 16.5. The van der Waals surface area contributed by atoms with E-state index >= 15 is 0 Å². The van der Waals surface area contributed by atoms with Crippen LogP contribution >= 0.6 is 0 Å². The van der Waals surface area contributed by atoms with E-state index in [1.165, 1.54) is 0 Å². The van der Waals surface area contributed by atoms with Crippen molar-refractivity contribution in [3.05, 3.63) is 59.7 Å². The number of carbonyl (C=O) groups excluding carboxylic acids is 2. The zero-order valence-corrected chi connectivity index (χ0v) is 20.2. The number of nitrogens with zero attached hydrogens (tertiary/aromatic N) is 1. The summed E-state index contributed by atoms with van der Waals surface area (Å²) in [4.78, 5) is 40.0. The van der Waals surface area contributed by atoms with Gasteiger partial charge in [0.1, 0.15) is 12.6 Å². The molecule has 2 amide bonds. The van der Waals surface area contributed by atoms with Crippen molar-refractivity contribution in [1.82, 2.24) is 10.2 Å². The zero-order chi connectivity index (χ0) is 24.7. The van der Waals surface area contributed by atoms with Crippen molar-refractivity contribution in [2.24, 2.45) is 11.3 Å². The first-order valence-corrected chi connectivity index (χ1v) is 12.5. The van der Waals surface area contributed by atoms with E-state index in [0.29, 0.717) is 25.8 Å². The topological polar surface area (TPSA) is 95.9 Å². The van der Waals surface area contributed by atoms with Gasteiger partial charge in [-0.05, 0) is 47.4 Å². The van der Waals surface area contributed by atoms with Crippen LogP contribution < -0.4 is 5.32 Å². The number of carboxylic acid groups (broad SMARTS) is 1. The van der Waals surface area contributed by atoms with Crippen LogP contribution in [0.4, 0.5) is 4.79 Å². The van der Waals surface area contributed by atoms with Crippen LogP contribution in [0.15, 0.2) is 48.5 Å². The summed E-state index contributed by atoms with van der Waals surface area (Å²) in [5.74, 6) is -1.26. The van der Waals surface area contributed by atoms with Gasteiger partial charge in [0, 0.05) is 18.5 Å². The molecule has 3 atom stereocenters. The number of benzene rings is 2. The van der Waals surface area contributed by atoms with Crippen molar-refractivity contribution < 1.29 is 24.2 Å². The van der Waals surface area contributed by atoms with Crippen LogP contribution in [0.2, 0.25) is 0 Å². The second-order valence-corrected chi connectivity index (χ2v) is 10.3. The molecular formula is C28H32N2O5. The van der Waals surface area contributed by atoms with E-state index in [4.69, 9.17) is 4.74 Å². The predicted octanol–water partition coefficient (Wildman–Crippen LogP) is 4.41. The molecule has 2 aliphatic carbocycles. The van der Waals surface area contributed by atoms with E-state index in [2.05, 4.69) is 29.6 Å². The van der Waals surface area contributed by atoms with Gasteiger partial charge in [-0.15, -0.1) is 0 Å². The number of carbonyl (C=O) groups is 3. The SMILES string of the molecule is CC(C)[C@@H](NC(=O)OCC1c2ccccc2-c2ccccc21)C(=O)N1CCC2(C(=O)O)CCCC12. The molecular weight excluding hydrogens is 444 g/mol. The van der Waals surface area contributed by atoms with Gasteiger partial charge in [-0.2, -0.15) is 0 Å². The molecule has 7 heteroatoms. The van der Waals surface area contributed by atoms with Gasteiger partial charge in [0.15, 0.2) is 0 Å². The number of fused-ring (bicyclic) bond motifs is 4. The maximum absolute atomic E-state index is 13.5. The van der Waals surface area contributed by atoms with Crippen molar-refractivity contribution >= 4 is 18.0 Å². The largest absolute Gasteiger partial charge is 0.481 e. The average molecular weight is 477 g/mol. The molecule has 2 fully saturated rings. The number of hydrogen-bond acceptors (Lipinski definition) is 4. The molecule has 2 aromatic carbocycles. The number of ether oxygens (including phenoxy) is 1. The number of aliphatic carboxylic acids is 1. The van der Waals surface area contributed by atoms with Crippen LogP contribution in [0, 0.1) is 11.3 Å². The highest BCUT2D eigenvalue weighted by molar-refractivity contribution is 5.88. The molecule has 184 valence electrons. The summed E-state index contributed by atoms with van der Waals surface area (Å²) < 4.78 is 5.66. The molecule has 1 aliphatic heterocycles. The standard InChI is InChI=1S/C28H32N2O5/c1-17(2)24(25(31)30-15-14-28(26(32)33)13-7-12-23(28)30)29-27(34)35-16-22-20-10-5-3-8-18(20)19-9-4-6-11-21(19)22/h3-6,8-11,17,22-24H,7,12-16H2,1-2H3,(H,29,34)(H,32,33)/t23?,24-,28?/m1/s1. The van der Waals surface area contributed by atoms with Gasteiger partial charge >= 0.3 is 12.1 Å². The number of hydrogen-bond donors (Lipinski definition) is 2. The van der Waals surface area contributed by atoms with E-state index in [9.17, 15) is 19.5 Å². The average Bonchev–Trinajstić information content (AvgIpc) is 3.52. The summed E-state index contributed by atoms with van der Waals surface area (Å²) in [7, 11) is 0. The smallest absolute Gasteiger partial charge is 0.407 e. The minimum Gasteiger partial charge on any atom is -0.481 e. The molecule has 1 heterocycles. The molecule has 2 aromatic rings.